The molecule has 0 saturated carbocycles. The molecule has 0 aromatic rings. The van der Waals surface area contributed by atoms with Crippen LogP contribution in [0.4, 0.5) is 0 Å². The first-order valence-electron chi connectivity index (χ1n) is 23.4. The van der Waals surface area contributed by atoms with Crippen molar-refractivity contribution in [3.05, 3.63) is 146 Å². The summed E-state index contributed by atoms with van der Waals surface area (Å²) in [5.74, 6) is -0.235. The molecule has 0 fully saturated rings. The zero-order chi connectivity index (χ0) is 42.6. The van der Waals surface area contributed by atoms with Gasteiger partial charge >= 0.3 is 5.97 Å². The number of allylic oxidation sites excluding steroid dienone is 24. The van der Waals surface area contributed by atoms with Crippen LogP contribution in [-0.4, -0.2) is 37.0 Å². The van der Waals surface area contributed by atoms with Crippen molar-refractivity contribution < 1.29 is 19.4 Å². The zero-order valence-corrected chi connectivity index (χ0v) is 37.7. The van der Waals surface area contributed by atoms with Crippen LogP contribution >= 0.6 is 0 Å². The first-order chi connectivity index (χ1) is 29.2. The van der Waals surface area contributed by atoms with Gasteiger partial charge < -0.3 is 14.6 Å². The van der Waals surface area contributed by atoms with E-state index in [2.05, 4.69) is 160 Å². The molecule has 0 rings (SSSR count). The first-order valence-corrected chi connectivity index (χ1v) is 23.4. The van der Waals surface area contributed by atoms with Gasteiger partial charge in [0, 0.05) is 13.0 Å². The Morgan fingerprint density at radius 1 is 0.407 bits per heavy atom. The summed E-state index contributed by atoms with van der Waals surface area (Å²) in [4.78, 5) is 12.3. The Morgan fingerprint density at radius 2 is 0.712 bits per heavy atom. The van der Waals surface area contributed by atoms with Crippen LogP contribution < -0.4 is 0 Å². The maximum atomic E-state index is 12.3. The average Bonchev–Trinajstić information content (AvgIpc) is 3.24. The van der Waals surface area contributed by atoms with Crippen LogP contribution in [0.5, 0.6) is 0 Å². The first kappa shape index (κ1) is 55.3. The highest BCUT2D eigenvalue weighted by atomic mass is 16.6. The lowest BCUT2D eigenvalue weighted by molar-refractivity contribution is -0.154. The second-order valence-corrected chi connectivity index (χ2v) is 14.7. The molecule has 1 atom stereocenters. The minimum absolute atomic E-state index is 0.203. The molecule has 0 aliphatic carbocycles. The standard InChI is InChI=1S/C55H86O4/c1-3-5-7-9-11-13-15-17-19-21-23-25-27-28-29-30-32-34-36-38-40-42-44-46-48-50-55(57)59-54(52-56)53-58-51-49-47-45-43-41-39-37-35-33-31-26-24-22-20-18-16-14-12-10-8-6-4-2/h5-8,11-14,17-20,23-26,28-29,32-35,39,41,54,56H,3-4,9-10,15-16,21-22,27,30-31,36-38,40,42-53H2,1-2H3/b7-5-,8-6-,13-11-,14-12-,19-17-,20-18-,25-23-,26-24-,29-28-,34-32-,35-33-,41-39-. The summed E-state index contributed by atoms with van der Waals surface area (Å²) in [7, 11) is 0. The van der Waals surface area contributed by atoms with E-state index in [-0.39, 0.29) is 19.2 Å². The van der Waals surface area contributed by atoms with Gasteiger partial charge in [0.25, 0.3) is 0 Å². The van der Waals surface area contributed by atoms with E-state index < -0.39 is 6.10 Å². The van der Waals surface area contributed by atoms with Gasteiger partial charge in [0.2, 0.25) is 0 Å². The molecule has 0 aromatic carbocycles. The van der Waals surface area contributed by atoms with Crippen LogP contribution in [0.2, 0.25) is 0 Å². The summed E-state index contributed by atoms with van der Waals surface area (Å²) in [6, 6.07) is 0. The summed E-state index contributed by atoms with van der Waals surface area (Å²) >= 11 is 0. The predicted octanol–water partition coefficient (Wildman–Crippen LogP) is 16.0. The van der Waals surface area contributed by atoms with E-state index >= 15 is 0 Å². The van der Waals surface area contributed by atoms with E-state index in [1.54, 1.807) is 0 Å². The molecule has 0 aliphatic heterocycles. The number of carbonyl (C=O) groups excluding carboxylic acids is 1. The lowest BCUT2D eigenvalue weighted by Gasteiger charge is -2.15. The van der Waals surface area contributed by atoms with Gasteiger partial charge in [0.1, 0.15) is 6.10 Å². The van der Waals surface area contributed by atoms with Crippen LogP contribution in [-0.2, 0) is 14.3 Å². The number of hydrogen-bond donors (Lipinski definition) is 1. The highest BCUT2D eigenvalue weighted by molar-refractivity contribution is 5.69. The van der Waals surface area contributed by atoms with Crippen molar-refractivity contribution in [2.75, 3.05) is 19.8 Å². The van der Waals surface area contributed by atoms with Crippen molar-refractivity contribution in [2.45, 2.75) is 174 Å². The van der Waals surface area contributed by atoms with Crippen molar-refractivity contribution in [2.24, 2.45) is 0 Å². The van der Waals surface area contributed by atoms with Crippen LogP contribution in [0.15, 0.2) is 146 Å². The number of unbranched alkanes of at least 4 members (excludes halogenated alkanes) is 9. The quantitative estimate of drug-likeness (QED) is 0.0380. The smallest absolute Gasteiger partial charge is 0.306 e. The van der Waals surface area contributed by atoms with Crippen molar-refractivity contribution in [1.82, 2.24) is 0 Å². The average molecular weight is 811 g/mol. The third-order valence-corrected chi connectivity index (χ3v) is 9.16. The Kier molecular flexibility index (Phi) is 47.2. The molecule has 0 spiro atoms. The van der Waals surface area contributed by atoms with Gasteiger partial charge in [0.05, 0.1) is 13.2 Å². The largest absolute Gasteiger partial charge is 0.457 e. The molecule has 330 valence electrons. The van der Waals surface area contributed by atoms with Crippen molar-refractivity contribution in [3.8, 4) is 0 Å². The zero-order valence-electron chi connectivity index (χ0n) is 37.7. The van der Waals surface area contributed by atoms with Crippen molar-refractivity contribution in [1.29, 1.82) is 0 Å². The second kappa shape index (κ2) is 50.4. The predicted molar refractivity (Wildman–Crippen MR) is 260 cm³/mol. The third kappa shape index (κ3) is 48.5. The van der Waals surface area contributed by atoms with E-state index in [0.717, 1.165) is 128 Å². The van der Waals surface area contributed by atoms with E-state index in [4.69, 9.17) is 9.47 Å². The Hall–Kier alpha value is -3.73. The van der Waals surface area contributed by atoms with Crippen molar-refractivity contribution >= 4 is 5.97 Å². The van der Waals surface area contributed by atoms with E-state index in [9.17, 15) is 9.90 Å². The molecule has 4 heteroatoms. The molecule has 0 bridgehead atoms. The van der Waals surface area contributed by atoms with Crippen LogP contribution in [0.1, 0.15) is 168 Å². The summed E-state index contributed by atoms with van der Waals surface area (Å²) in [6.45, 7) is 5.00. The summed E-state index contributed by atoms with van der Waals surface area (Å²) in [5, 5.41) is 9.63. The number of carbonyl (C=O) groups is 1. The summed E-state index contributed by atoms with van der Waals surface area (Å²) in [5.41, 5.74) is 0. The second-order valence-electron chi connectivity index (χ2n) is 14.7. The van der Waals surface area contributed by atoms with Gasteiger partial charge in [-0.2, -0.15) is 0 Å². The van der Waals surface area contributed by atoms with Crippen molar-refractivity contribution in [3.63, 3.8) is 0 Å². The number of rotatable bonds is 41. The van der Waals surface area contributed by atoms with E-state index in [1.807, 2.05) is 0 Å². The molecule has 4 nitrogen and oxygen atoms in total. The molecule has 0 amide bonds. The lowest BCUT2D eigenvalue weighted by Crippen LogP contribution is -2.27. The maximum absolute atomic E-state index is 12.3. The number of aliphatic hydroxyl groups excluding tert-OH is 1. The van der Waals surface area contributed by atoms with Gasteiger partial charge in [-0.05, 0) is 116 Å². The molecule has 0 heterocycles. The monoisotopic (exact) mass is 811 g/mol. The topological polar surface area (TPSA) is 55.8 Å². The van der Waals surface area contributed by atoms with Gasteiger partial charge in [-0.25, -0.2) is 0 Å². The van der Waals surface area contributed by atoms with Gasteiger partial charge in [-0.15, -0.1) is 0 Å². The minimum Gasteiger partial charge on any atom is -0.457 e. The Labute approximate surface area is 363 Å². The number of hydrogen-bond acceptors (Lipinski definition) is 4. The number of esters is 1. The molecule has 1 N–H and O–H groups in total. The van der Waals surface area contributed by atoms with E-state index in [0.29, 0.717) is 13.0 Å². The van der Waals surface area contributed by atoms with Gasteiger partial charge in [0.15, 0.2) is 0 Å². The highest BCUT2D eigenvalue weighted by Gasteiger charge is 2.13. The fourth-order valence-corrected chi connectivity index (χ4v) is 5.74. The fourth-order valence-electron chi connectivity index (χ4n) is 5.74. The van der Waals surface area contributed by atoms with Crippen LogP contribution in [0.3, 0.4) is 0 Å². The number of ether oxygens (including phenoxy) is 2. The Morgan fingerprint density at radius 3 is 1.07 bits per heavy atom. The molecule has 0 saturated heterocycles. The SMILES string of the molecule is CC/C=C\C/C=C\C/C=C\C/C=C\C/C=C\C/C=C\CCCCCCCCC(=O)OC(CO)COCCCCC/C=C\C/C=C\C/C=C\C/C=C\C/C=C\C/C=C\CC. The molecular formula is C55H86O4. The summed E-state index contributed by atoms with van der Waals surface area (Å²) < 4.78 is 11.1. The Bertz CT molecular complexity index is 1270. The molecule has 0 aromatic heterocycles. The normalized spacial score (nSPS) is 13.7. The lowest BCUT2D eigenvalue weighted by atomic mass is 10.1. The third-order valence-electron chi connectivity index (χ3n) is 9.16. The van der Waals surface area contributed by atoms with Gasteiger partial charge in [-0.1, -0.05) is 192 Å². The van der Waals surface area contributed by atoms with Gasteiger partial charge in [-0.3, -0.25) is 4.79 Å². The molecule has 0 radical (unpaired) electrons. The van der Waals surface area contributed by atoms with Crippen LogP contribution in [0.25, 0.3) is 0 Å². The molecule has 0 aliphatic rings. The maximum Gasteiger partial charge on any atom is 0.306 e. The van der Waals surface area contributed by atoms with E-state index in [1.165, 1.54) is 19.3 Å². The molecule has 1 unspecified atom stereocenters. The number of aliphatic hydroxyl groups is 1. The highest BCUT2D eigenvalue weighted by Crippen LogP contribution is 2.11. The molecular weight excluding hydrogens is 725 g/mol. The van der Waals surface area contributed by atoms with Crippen LogP contribution in [0, 0.1) is 0 Å². The fraction of sp³-hybridized carbons (Fsp3) is 0.545. The molecule has 59 heavy (non-hydrogen) atoms. The summed E-state index contributed by atoms with van der Waals surface area (Å²) in [6.07, 6.45) is 77.7. The Balaban J connectivity index is 3.62. The minimum atomic E-state index is -0.574.